The van der Waals surface area contributed by atoms with Gasteiger partial charge in [0, 0.05) is 39.0 Å². The molecule has 1 fully saturated rings. The van der Waals surface area contributed by atoms with Crippen molar-refractivity contribution < 1.29 is 24.6 Å². The highest BCUT2D eigenvalue weighted by Crippen LogP contribution is 2.17. The van der Waals surface area contributed by atoms with Crippen LogP contribution in [0.15, 0.2) is 0 Å². The zero-order valence-electron chi connectivity index (χ0n) is 12.4. The first-order valence-corrected chi connectivity index (χ1v) is 7.13. The first-order valence-electron chi connectivity index (χ1n) is 7.13. The maximum atomic E-state index is 11.9. The second-order valence-electron chi connectivity index (χ2n) is 4.94. The number of likely N-dealkylation sites (tertiary alicyclic amines) is 1. The van der Waals surface area contributed by atoms with Crippen LogP contribution in [0, 0.1) is 0 Å². The number of hydrogen-bond acceptors (Lipinski definition) is 4. The minimum absolute atomic E-state index is 0.00715. The topological polar surface area (TPSA) is 110 Å². The van der Waals surface area contributed by atoms with Crippen molar-refractivity contribution in [3.63, 3.8) is 0 Å². The Morgan fingerprint density at radius 3 is 2.43 bits per heavy atom. The Labute approximate surface area is 123 Å². The molecule has 0 saturated carbocycles. The molecule has 0 radical (unpaired) electrons. The number of nitrogens with one attached hydrogen (secondary N) is 1. The van der Waals surface area contributed by atoms with Crippen molar-refractivity contribution in [2.45, 2.75) is 38.8 Å². The lowest BCUT2D eigenvalue weighted by Crippen LogP contribution is -2.47. The molecule has 1 aliphatic heterocycles. The molecule has 2 atom stereocenters. The number of rotatable bonds is 6. The van der Waals surface area contributed by atoms with Gasteiger partial charge in [-0.15, -0.1) is 0 Å². The van der Waals surface area contributed by atoms with Crippen LogP contribution in [0.2, 0.25) is 0 Å². The number of aliphatic carboxylic acids is 1. The third kappa shape index (κ3) is 4.59. The van der Waals surface area contributed by atoms with Gasteiger partial charge >= 0.3 is 12.0 Å². The summed E-state index contributed by atoms with van der Waals surface area (Å²) in [6.07, 6.45) is -0.628. The molecule has 21 heavy (non-hydrogen) atoms. The van der Waals surface area contributed by atoms with E-state index in [-0.39, 0.29) is 31.8 Å². The summed E-state index contributed by atoms with van der Waals surface area (Å²) in [4.78, 5) is 37.4. The zero-order chi connectivity index (χ0) is 16.0. The van der Waals surface area contributed by atoms with Crippen LogP contribution in [0.25, 0.3) is 0 Å². The Morgan fingerprint density at radius 2 is 1.90 bits per heavy atom. The summed E-state index contributed by atoms with van der Waals surface area (Å²) < 4.78 is 0. The largest absolute Gasteiger partial charge is 0.480 e. The Balaban J connectivity index is 2.43. The van der Waals surface area contributed by atoms with Crippen LogP contribution >= 0.6 is 0 Å². The third-order valence-electron chi connectivity index (χ3n) is 3.56. The number of carbonyl (C=O) groups is 3. The first-order chi connectivity index (χ1) is 9.90. The number of amides is 3. The molecular weight excluding hydrogens is 278 g/mol. The molecule has 0 unspecified atom stereocenters. The molecule has 1 aliphatic rings. The number of hydrogen-bond donors (Lipinski definition) is 3. The normalized spacial score (nSPS) is 21.2. The maximum absolute atomic E-state index is 11.9. The van der Waals surface area contributed by atoms with Crippen LogP contribution in [0.3, 0.4) is 0 Å². The van der Waals surface area contributed by atoms with Gasteiger partial charge < -0.3 is 25.3 Å². The highest BCUT2D eigenvalue weighted by atomic mass is 16.4. The fourth-order valence-electron chi connectivity index (χ4n) is 2.38. The smallest absolute Gasteiger partial charge is 0.326 e. The number of aliphatic hydroxyl groups is 1. The van der Waals surface area contributed by atoms with Gasteiger partial charge in [-0.3, -0.25) is 4.79 Å². The van der Waals surface area contributed by atoms with Crippen LogP contribution in [-0.2, 0) is 9.59 Å². The van der Waals surface area contributed by atoms with Crippen molar-refractivity contribution in [2.24, 2.45) is 0 Å². The number of urea groups is 1. The molecule has 0 aromatic heterocycles. The summed E-state index contributed by atoms with van der Waals surface area (Å²) >= 11 is 0. The van der Waals surface area contributed by atoms with Gasteiger partial charge in [-0.25, -0.2) is 9.59 Å². The van der Waals surface area contributed by atoms with Crippen LogP contribution < -0.4 is 5.32 Å². The van der Waals surface area contributed by atoms with E-state index in [1.807, 2.05) is 13.8 Å². The molecule has 1 heterocycles. The lowest BCUT2D eigenvalue weighted by atomic mass is 10.2. The van der Waals surface area contributed by atoms with Gasteiger partial charge in [0.2, 0.25) is 5.91 Å². The van der Waals surface area contributed by atoms with Gasteiger partial charge in [0.25, 0.3) is 0 Å². The lowest BCUT2D eigenvalue weighted by Gasteiger charge is -2.22. The second kappa shape index (κ2) is 7.82. The molecule has 0 aromatic rings. The fraction of sp³-hybridized carbons (Fsp3) is 0.769. The number of carboxylic acid groups (broad SMARTS) is 1. The van der Waals surface area contributed by atoms with Crippen LogP contribution in [0.5, 0.6) is 0 Å². The minimum atomic E-state index is -1.14. The number of aliphatic hydroxyl groups excluding tert-OH is 1. The van der Waals surface area contributed by atoms with E-state index in [1.54, 1.807) is 4.90 Å². The van der Waals surface area contributed by atoms with Crippen molar-refractivity contribution in [3.05, 3.63) is 0 Å². The van der Waals surface area contributed by atoms with E-state index >= 15 is 0 Å². The van der Waals surface area contributed by atoms with Crippen LogP contribution in [0.4, 0.5) is 4.79 Å². The Morgan fingerprint density at radius 1 is 1.29 bits per heavy atom. The van der Waals surface area contributed by atoms with E-state index in [2.05, 4.69) is 5.32 Å². The van der Waals surface area contributed by atoms with Crippen LogP contribution in [-0.4, -0.2) is 76.2 Å². The lowest BCUT2D eigenvalue weighted by molar-refractivity contribution is -0.141. The SMILES string of the molecule is CCN(CC)C(=O)CCNC(=O)N1C[C@H](O)C[C@@H]1C(=O)O. The van der Waals surface area contributed by atoms with Crippen molar-refractivity contribution in [3.8, 4) is 0 Å². The van der Waals surface area contributed by atoms with Gasteiger partial charge in [0.15, 0.2) is 0 Å². The van der Waals surface area contributed by atoms with Crippen LogP contribution in [0.1, 0.15) is 26.7 Å². The molecule has 0 aliphatic carbocycles. The van der Waals surface area contributed by atoms with E-state index in [0.717, 1.165) is 4.90 Å². The Kier molecular flexibility index (Phi) is 6.41. The van der Waals surface area contributed by atoms with Crippen molar-refractivity contribution >= 4 is 17.9 Å². The molecular formula is C13H23N3O5. The molecule has 3 N–H and O–H groups in total. The average molecular weight is 301 g/mol. The van der Waals surface area contributed by atoms with Crippen molar-refractivity contribution in [2.75, 3.05) is 26.2 Å². The molecule has 1 saturated heterocycles. The summed E-state index contributed by atoms with van der Waals surface area (Å²) in [7, 11) is 0. The number of carboxylic acids is 1. The monoisotopic (exact) mass is 301 g/mol. The zero-order valence-corrected chi connectivity index (χ0v) is 12.4. The second-order valence-corrected chi connectivity index (χ2v) is 4.94. The standard InChI is InChI=1S/C13H23N3O5/c1-3-15(4-2)11(18)5-6-14-13(21)16-8-9(17)7-10(16)12(19)20/h9-10,17H,3-8H2,1-2H3,(H,14,21)(H,19,20)/t9-,10-/m1/s1. The molecule has 3 amide bonds. The van der Waals surface area contributed by atoms with Gasteiger partial charge in [-0.2, -0.15) is 0 Å². The third-order valence-corrected chi connectivity index (χ3v) is 3.56. The Hall–Kier alpha value is -1.83. The Bertz CT molecular complexity index is 397. The van der Waals surface area contributed by atoms with Gasteiger partial charge in [-0.1, -0.05) is 0 Å². The van der Waals surface area contributed by atoms with Gasteiger partial charge in [-0.05, 0) is 13.8 Å². The fourth-order valence-corrected chi connectivity index (χ4v) is 2.38. The molecule has 120 valence electrons. The maximum Gasteiger partial charge on any atom is 0.326 e. The van der Waals surface area contributed by atoms with Gasteiger partial charge in [0.05, 0.1) is 6.10 Å². The molecule has 8 heteroatoms. The van der Waals surface area contributed by atoms with Gasteiger partial charge in [0.1, 0.15) is 6.04 Å². The quantitative estimate of drug-likeness (QED) is 0.611. The van der Waals surface area contributed by atoms with Crippen molar-refractivity contribution in [1.29, 1.82) is 0 Å². The molecule has 8 nitrogen and oxygen atoms in total. The summed E-state index contributed by atoms with van der Waals surface area (Å²) in [6.45, 7) is 5.12. The summed E-state index contributed by atoms with van der Waals surface area (Å²) in [5.41, 5.74) is 0. The minimum Gasteiger partial charge on any atom is -0.480 e. The van der Waals surface area contributed by atoms with E-state index in [1.165, 1.54) is 0 Å². The van der Waals surface area contributed by atoms with E-state index in [9.17, 15) is 19.5 Å². The highest BCUT2D eigenvalue weighted by molar-refractivity contribution is 5.84. The average Bonchev–Trinajstić information content (AvgIpc) is 2.82. The predicted octanol–water partition coefficient (Wildman–Crippen LogP) is -0.526. The molecule has 1 rings (SSSR count). The van der Waals surface area contributed by atoms with Crippen molar-refractivity contribution in [1.82, 2.24) is 15.1 Å². The number of carbonyl (C=O) groups excluding carboxylic acids is 2. The highest BCUT2D eigenvalue weighted by Gasteiger charge is 2.38. The molecule has 0 spiro atoms. The summed E-state index contributed by atoms with van der Waals surface area (Å²) in [6, 6.07) is -1.58. The molecule has 0 bridgehead atoms. The van der Waals surface area contributed by atoms with E-state index in [4.69, 9.17) is 5.11 Å². The molecule has 0 aromatic carbocycles. The number of β-amino-alcohol motifs (C(OH)–C–C–N with tert-alkyl or cyclic N) is 1. The predicted molar refractivity (Wildman–Crippen MR) is 74.7 cm³/mol. The van der Waals surface area contributed by atoms with E-state index < -0.39 is 24.1 Å². The summed E-state index contributed by atoms with van der Waals surface area (Å²) in [5, 5.41) is 21.0. The van der Waals surface area contributed by atoms with E-state index in [0.29, 0.717) is 13.1 Å². The summed E-state index contributed by atoms with van der Waals surface area (Å²) in [5.74, 6) is -1.20. The number of nitrogens with zero attached hydrogens (tertiary/aromatic N) is 2. The first kappa shape index (κ1) is 17.2.